The Labute approximate surface area is 206 Å². The van der Waals surface area contributed by atoms with Crippen LogP contribution < -0.4 is 0 Å². The molecule has 0 aliphatic carbocycles. The minimum Gasteiger partial charge on any atom is -0.452 e. The van der Waals surface area contributed by atoms with Gasteiger partial charge in [0.15, 0.2) is 6.10 Å². The van der Waals surface area contributed by atoms with E-state index in [1.807, 2.05) is 25.1 Å². The summed E-state index contributed by atoms with van der Waals surface area (Å²) in [6.45, 7) is 7.62. The number of carbonyl (C=O) groups is 4. The van der Waals surface area contributed by atoms with Gasteiger partial charge in [-0.2, -0.15) is 0 Å². The number of hydrogen-bond donors (Lipinski definition) is 0. The van der Waals surface area contributed by atoms with Crippen molar-refractivity contribution < 1.29 is 33.4 Å². The molecular formula is C25H37N3O7. The molecule has 10 nitrogen and oxygen atoms in total. The van der Waals surface area contributed by atoms with Crippen LogP contribution in [0.2, 0.25) is 0 Å². The van der Waals surface area contributed by atoms with Gasteiger partial charge < -0.3 is 24.0 Å². The van der Waals surface area contributed by atoms with Crippen molar-refractivity contribution in [3.8, 4) is 0 Å². The lowest BCUT2D eigenvalue weighted by Gasteiger charge is -2.30. The van der Waals surface area contributed by atoms with Crippen LogP contribution in [-0.2, 0) is 35.0 Å². The number of esters is 2. The molecule has 0 bridgehead atoms. The fourth-order valence-corrected chi connectivity index (χ4v) is 3.73. The molecule has 1 saturated heterocycles. The number of aromatic nitrogens is 1. The summed E-state index contributed by atoms with van der Waals surface area (Å²) in [6.07, 6.45) is 1.38. The van der Waals surface area contributed by atoms with Gasteiger partial charge in [-0.1, -0.05) is 26.8 Å². The molecule has 0 N–H and O–H groups in total. The van der Waals surface area contributed by atoms with Gasteiger partial charge in [0.1, 0.15) is 6.04 Å². The first-order valence-electron chi connectivity index (χ1n) is 12.2. The molecule has 1 aromatic heterocycles. The molecule has 0 spiro atoms. The number of hydrogen-bond acceptors (Lipinski definition) is 8. The summed E-state index contributed by atoms with van der Waals surface area (Å²) in [4.78, 5) is 57.3. The van der Waals surface area contributed by atoms with Crippen molar-refractivity contribution in [2.45, 2.75) is 78.2 Å². The van der Waals surface area contributed by atoms with Gasteiger partial charge in [-0.25, -0.2) is 9.59 Å². The first-order chi connectivity index (χ1) is 16.6. The molecule has 10 heteroatoms. The van der Waals surface area contributed by atoms with Gasteiger partial charge in [0.25, 0.3) is 5.91 Å². The number of carbonyl (C=O) groups excluding carboxylic acids is 4. The zero-order valence-electron chi connectivity index (χ0n) is 21.3. The lowest BCUT2D eigenvalue weighted by atomic mass is 10.1. The fraction of sp³-hybridized carbons (Fsp3) is 0.640. The summed E-state index contributed by atoms with van der Waals surface area (Å²) in [5.74, 6) is -1.76. The van der Waals surface area contributed by atoms with Crippen molar-refractivity contribution in [3.63, 3.8) is 0 Å². The second-order valence-corrected chi connectivity index (χ2v) is 8.98. The Balaban J connectivity index is 1.89. The minimum absolute atomic E-state index is 0.223. The third-order valence-electron chi connectivity index (χ3n) is 5.66. The Bertz CT molecular complexity index is 862. The number of ether oxygens (including phenoxy) is 3. The van der Waals surface area contributed by atoms with E-state index in [0.29, 0.717) is 38.8 Å². The van der Waals surface area contributed by atoms with Crippen LogP contribution in [0.15, 0.2) is 24.4 Å². The van der Waals surface area contributed by atoms with Gasteiger partial charge in [0.05, 0.1) is 0 Å². The summed E-state index contributed by atoms with van der Waals surface area (Å²) < 4.78 is 16.0. The molecule has 2 rings (SSSR count). The van der Waals surface area contributed by atoms with Crippen LogP contribution in [0.1, 0.15) is 59.1 Å². The van der Waals surface area contributed by atoms with Crippen LogP contribution >= 0.6 is 0 Å². The van der Waals surface area contributed by atoms with Crippen molar-refractivity contribution in [2.75, 3.05) is 20.1 Å². The number of likely N-dealkylation sites (N-methyl/N-ethyl adjacent to an activating group) is 1. The van der Waals surface area contributed by atoms with Crippen molar-refractivity contribution in [1.29, 1.82) is 0 Å². The predicted molar refractivity (Wildman–Crippen MR) is 127 cm³/mol. The highest BCUT2D eigenvalue weighted by Gasteiger charge is 2.41. The van der Waals surface area contributed by atoms with E-state index in [9.17, 15) is 19.2 Å². The molecule has 0 radical (unpaired) electrons. The van der Waals surface area contributed by atoms with Gasteiger partial charge in [0, 0.05) is 51.8 Å². The van der Waals surface area contributed by atoms with Crippen molar-refractivity contribution in [3.05, 3.63) is 30.1 Å². The Morgan fingerprint density at radius 2 is 1.89 bits per heavy atom. The molecule has 35 heavy (non-hydrogen) atoms. The molecule has 2 amide bonds. The summed E-state index contributed by atoms with van der Waals surface area (Å²) in [5.41, 5.74) is 0.845. The second kappa shape index (κ2) is 13.7. The number of amides is 2. The van der Waals surface area contributed by atoms with E-state index in [1.54, 1.807) is 27.1 Å². The highest BCUT2D eigenvalue weighted by atomic mass is 16.7. The van der Waals surface area contributed by atoms with Crippen LogP contribution in [0.3, 0.4) is 0 Å². The molecule has 1 aliphatic rings. The molecule has 3 atom stereocenters. The first kappa shape index (κ1) is 28.1. The van der Waals surface area contributed by atoms with E-state index in [1.165, 1.54) is 16.7 Å². The summed E-state index contributed by atoms with van der Waals surface area (Å²) >= 11 is 0. The van der Waals surface area contributed by atoms with Gasteiger partial charge >= 0.3 is 18.0 Å². The van der Waals surface area contributed by atoms with Crippen LogP contribution in [0.4, 0.5) is 4.79 Å². The standard InChI is InChI=1S/C25H37N3O7/c1-6-10-21(29)35-22(17(2)3)23(30)28-15-9-12-20(28)24(31)33-18(4)34-25(32)27(5)16-13-19-11-7-8-14-26-19/h7-8,11,14,17-18,20,22H,6,9-10,12-13,15-16H2,1-5H3/t18?,20-,22+/m0/s1. The third-order valence-corrected chi connectivity index (χ3v) is 5.66. The molecule has 194 valence electrons. The highest BCUT2D eigenvalue weighted by molar-refractivity contribution is 5.89. The third kappa shape index (κ3) is 8.52. The normalized spacial score (nSPS) is 17.0. The van der Waals surface area contributed by atoms with E-state index >= 15 is 0 Å². The van der Waals surface area contributed by atoms with Gasteiger partial charge in [-0.3, -0.25) is 14.6 Å². The fourth-order valence-electron chi connectivity index (χ4n) is 3.73. The van der Waals surface area contributed by atoms with E-state index in [4.69, 9.17) is 14.2 Å². The van der Waals surface area contributed by atoms with E-state index in [2.05, 4.69) is 4.98 Å². The lowest BCUT2D eigenvalue weighted by molar-refractivity contribution is -0.176. The molecule has 1 aliphatic heterocycles. The number of likely N-dealkylation sites (tertiary alicyclic amines) is 1. The Morgan fingerprint density at radius 1 is 1.14 bits per heavy atom. The van der Waals surface area contributed by atoms with Crippen LogP contribution in [-0.4, -0.2) is 77.3 Å². The molecule has 1 unspecified atom stereocenters. The van der Waals surface area contributed by atoms with Gasteiger partial charge in [-0.05, 0) is 37.3 Å². The van der Waals surface area contributed by atoms with E-state index in [0.717, 1.165) is 5.69 Å². The minimum atomic E-state index is -1.13. The quantitative estimate of drug-likeness (QED) is 0.343. The average molecular weight is 492 g/mol. The Kier molecular flexibility index (Phi) is 10.9. The van der Waals surface area contributed by atoms with Crippen LogP contribution in [0, 0.1) is 5.92 Å². The molecule has 1 fully saturated rings. The number of pyridine rings is 1. The summed E-state index contributed by atoms with van der Waals surface area (Å²) in [7, 11) is 1.59. The van der Waals surface area contributed by atoms with Gasteiger partial charge in [-0.15, -0.1) is 0 Å². The highest BCUT2D eigenvalue weighted by Crippen LogP contribution is 2.23. The second-order valence-electron chi connectivity index (χ2n) is 8.98. The van der Waals surface area contributed by atoms with E-state index in [-0.39, 0.29) is 12.3 Å². The van der Waals surface area contributed by atoms with Crippen LogP contribution in [0.25, 0.3) is 0 Å². The SMILES string of the molecule is CCCC(=O)O[C@@H](C(=O)N1CCC[C@H]1C(=O)OC(C)OC(=O)N(C)CCc1ccccn1)C(C)C. The predicted octanol–water partition coefficient (Wildman–Crippen LogP) is 2.94. The van der Waals surface area contributed by atoms with Crippen molar-refractivity contribution in [2.24, 2.45) is 5.92 Å². The lowest BCUT2D eigenvalue weighted by Crippen LogP contribution is -2.49. The summed E-state index contributed by atoms with van der Waals surface area (Å²) in [5, 5.41) is 0. The maximum absolute atomic E-state index is 13.1. The molecule has 0 aromatic carbocycles. The summed E-state index contributed by atoms with van der Waals surface area (Å²) in [6, 6.07) is 4.74. The van der Waals surface area contributed by atoms with Crippen LogP contribution in [0.5, 0.6) is 0 Å². The molecule has 2 heterocycles. The van der Waals surface area contributed by atoms with Gasteiger partial charge in [0.2, 0.25) is 6.29 Å². The topological polar surface area (TPSA) is 115 Å². The van der Waals surface area contributed by atoms with E-state index < -0.39 is 42.4 Å². The maximum Gasteiger partial charge on any atom is 0.412 e. The monoisotopic (exact) mass is 491 g/mol. The average Bonchev–Trinajstić information content (AvgIpc) is 3.31. The number of rotatable bonds is 11. The molecule has 1 aromatic rings. The molecular weight excluding hydrogens is 454 g/mol. The molecule has 0 saturated carbocycles. The Hall–Kier alpha value is -3.17. The zero-order valence-corrected chi connectivity index (χ0v) is 21.3. The zero-order chi connectivity index (χ0) is 26.0. The smallest absolute Gasteiger partial charge is 0.412 e. The van der Waals surface area contributed by atoms with Crippen molar-refractivity contribution >= 4 is 23.9 Å². The van der Waals surface area contributed by atoms with Crippen molar-refractivity contribution in [1.82, 2.24) is 14.8 Å². The number of nitrogens with zero attached hydrogens (tertiary/aromatic N) is 3. The maximum atomic E-state index is 13.1. The Morgan fingerprint density at radius 3 is 2.51 bits per heavy atom. The largest absolute Gasteiger partial charge is 0.452 e. The first-order valence-corrected chi connectivity index (χ1v) is 12.2.